The topological polar surface area (TPSA) is 50.1 Å². The monoisotopic (exact) mass is 319 g/mol. The minimum absolute atomic E-state index is 0.228. The number of carbonyl (C=O) groups excluding carboxylic acids is 1. The summed E-state index contributed by atoms with van der Waals surface area (Å²) in [6, 6.07) is 11.8. The van der Waals surface area contributed by atoms with E-state index in [2.05, 4.69) is 15.9 Å². The van der Waals surface area contributed by atoms with E-state index in [1.165, 1.54) is 30.3 Å². The van der Waals surface area contributed by atoms with Gasteiger partial charge in [-0.15, -0.1) is 0 Å². The van der Waals surface area contributed by atoms with E-state index in [0.717, 1.165) is 0 Å². The van der Waals surface area contributed by atoms with Gasteiger partial charge in [-0.25, -0.2) is 9.18 Å². The number of halogens is 2. The number of rotatable bonds is 2. The summed E-state index contributed by atoms with van der Waals surface area (Å²) in [6.45, 7) is 0. The van der Waals surface area contributed by atoms with Crippen LogP contribution in [0.1, 0.15) is 15.9 Å². The van der Waals surface area contributed by atoms with Gasteiger partial charge in [-0.05, 0) is 58.4 Å². The molecule has 3 nitrogen and oxygen atoms in total. The number of benzene rings is 2. The lowest BCUT2D eigenvalue weighted by Crippen LogP contribution is -2.09. The number of carbonyl (C=O) groups is 1. The highest BCUT2D eigenvalue weighted by molar-refractivity contribution is 9.10. The van der Waals surface area contributed by atoms with E-state index in [-0.39, 0.29) is 5.56 Å². The average molecular weight is 320 g/mol. The van der Waals surface area contributed by atoms with Gasteiger partial charge in [0.1, 0.15) is 11.6 Å². The molecule has 0 radical (unpaired) electrons. The molecule has 0 saturated carbocycles. The molecule has 0 unspecified atom stereocenters. The van der Waals surface area contributed by atoms with E-state index in [1.807, 2.05) is 6.07 Å². The summed E-state index contributed by atoms with van der Waals surface area (Å²) in [5.74, 6) is -0.724. The van der Waals surface area contributed by atoms with Crippen LogP contribution in [0.4, 0.5) is 4.39 Å². The van der Waals surface area contributed by atoms with Crippen LogP contribution in [-0.2, 0) is 0 Å². The predicted molar refractivity (Wildman–Crippen MR) is 70.2 cm³/mol. The second kappa shape index (κ2) is 5.63. The fourth-order valence-electron chi connectivity index (χ4n) is 1.41. The van der Waals surface area contributed by atoms with E-state index in [9.17, 15) is 9.18 Å². The maximum atomic E-state index is 12.9. The molecule has 0 atom stereocenters. The molecule has 0 aliphatic carbocycles. The van der Waals surface area contributed by atoms with Crippen molar-refractivity contribution in [3.05, 3.63) is 63.9 Å². The second-order valence-electron chi connectivity index (χ2n) is 3.65. The van der Waals surface area contributed by atoms with Crippen LogP contribution >= 0.6 is 15.9 Å². The first-order valence-electron chi connectivity index (χ1n) is 5.27. The van der Waals surface area contributed by atoms with Crippen molar-refractivity contribution < 1.29 is 13.9 Å². The van der Waals surface area contributed by atoms with E-state index < -0.39 is 11.8 Å². The fraction of sp³-hybridized carbons (Fsp3) is 0. The zero-order valence-corrected chi connectivity index (χ0v) is 11.1. The van der Waals surface area contributed by atoms with Crippen LogP contribution < -0.4 is 4.74 Å². The fourth-order valence-corrected chi connectivity index (χ4v) is 1.93. The van der Waals surface area contributed by atoms with Crippen molar-refractivity contribution >= 4 is 21.9 Å². The van der Waals surface area contributed by atoms with Gasteiger partial charge >= 0.3 is 5.97 Å². The van der Waals surface area contributed by atoms with Crippen LogP contribution in [0.15, 0.2) is 46.9 Å². The molecule has 2 aromatic carbocycles. The van der Waals surface area contributed by atoms with Crippen molar-refractivity contribution in [3.63, 3.8) is 0 Å². The van der Waals surface area contributed by atoms with Crippen LogP contribution in [-0.4, -0.2) is 5.97 Å². The van der Waals surface area contributed by atoms with Crippen LogP contribution in [0, 0.1) is 17.1 Å². The number of nitrogens with zero attached hydrogens (tertiary/aromatic N) is 1. The number of hydrogen-bond donors (Lipinski definition) is 0. The molecular formula is C14H7BrFNO2. The Morgan fingerprint density at radius 3 is 2.47 bits per heavy atom. The van der Waals surface area contributed by atoms with E-state index in [1.54, 1.807) is 12.1 Å². The van der Waals surface area contributed by atoms with Crippen LogP contribution in [0.2, 0.25) is 0 Å². The summed E-state index contributed by atoms with van der Waals surface area (Å²) in [4.78, 5) is 11.9. The maximum absolute atomic E-state index is 12.9. The second-order valence-corrected chi connectivity index (χ2v) is 4.50. The third-order valence-corrected chi connectivity index (χ3v) is 3.00. The quantitative estimate of drug-likeness (QED) is 0.626. The highest BCUT2D eigenvalue weighted by Gasteiger charge is 2.13. The predicted octanol–water partition coefficient (Wildman–Crippen LogP) is 3.68. The number of esters is 1. The minimum atomic E-state index is -0.600. The summed E-state index contributed by atoms with van der Waals surface area (Å²) in [5, 5.41) is 8.65. The maximum Gasteiger partial charge on any atom is 0.344 e. The number of ether oxygens (including phenoxy) is 1. The molecular weight excluding hydrogens is 313 g/mol. The SMILES string of the molecule is N#Cc1ccc(OC(=O)c2ccc(F)cc2Br)cc1. The van der Waals surface area contributed by atoms with E-state index in [0.29, 0.717) is 15.8 Å². The molecule has 0 heterocycles. The zero-order valence-electron chi connectivity index (χ0n) is 9.56. The average Bonchev–Trinajstić information content (AvgIpc) is 2.39. The Morgan fingerprint density at radius 2 is 1.89 bits per heavy atom. The largest absolute Gasteiger partial charge is 0.423 e. The van der Waals surface area contributed by atoms with Crippen molar-refractivity contribution in [3.8, 4) is 11.8 Å². The Labute approximate surface area is 117 Å². The standard InChI is InChI=1S/C14H7BrFNO2/c15-13-7-10(16)3-6-12(13)14(18)19-11-4-1-9(8-17)2-5-11/h1-7H. The first-order valence-corrected chi connectivity index (χ1v) is 6.07. The Balaban J connectivity index is 2.18. The smallest absolute Gasteiger partial charge is 0.344 e. The van der Waals surface area contributed by atoms with Gasteiger partial charge in [0.2, 0.25) is 0 Å². The molecule has 0 aromatic heterocycles. The molecule has 2 aromatic rings. The Kier molecular flexibility index (Phi) is 3.93. The summed E-state index contributed by atoms with van der Waals surface area (Å²) >= 11 is 3.10. The highest BCUT2D eigenvalue weighted by atomic mass is 79.9. The molecule has 5 heteroatoms. The number of nitriles is 1. The molecule has 0 spiro atoms. The van der Waals surface area contributed by atoms with E-state index in [4.69, 9.17) is 10.00 Å². The van der Waals surface area contributed by atoms with Crippen molar-refractivity contribution in [1.82, 2.24) is 0 Å². The minimum Gasteiger partial charge on any atom is -0.423 e. The van der Waals surface area contributed by atoms with Gasteiger partial charge in [0.25, 0.3) is 0 Å². The summed E-state index contributed by atoms with van der Waals surface area (Å²) in [5.41, 5.74) is 0.702. The highest BCUT2D eigenvalue weighted by Crippen LogP contribution is 2.20. The Morgan fingerprint density at radius 1 is 1.21 bits per heavy atom. The van der Waals surface area contributed by atoms with Crippen molar-refractivity contribution in [2.24, 2.45) is 0 Å². The molecule has 0 aliphatic heterocycles. The molecule has 0 fully saturated rings. The van der Waals surface area contributed by atoms with Gasteiger partial charge in [-0.3, -0.25) is 0 Å². The van der Waals surface area contributed by atoms with Crippen molar-refractivity contribution in [2.75, 3.05) is 0 Å². The normalized spacial score (nSPS) is 9.74. The molecule has 19 heavy (non-hydrogen) atoms. The molecule has 0 amide bonds. The Hall–Kier alpha value is -2.19. The summed E-state index contributed by atoms with van der Waals surface area (Å²) in [7, 11) is 0. The van der Waals surface area contributed by atoms with Gasteiger partial charge in [0.15, 0.2) is 0 Å². The van der Waals surface area contributed by atoms with Crippen molar-refractivity contribution in [1.29, 1.82) is 5.26 Å². The lowest BCUT2D eigenvalue weighted by molar-refractivity contribution is 0.0734. The number of hydrogen-bond acceptors (Lipinski definition) is 3. The molecule has 2 rings (SSSR count). The lowest BCUT2D eigenvalue weighted by Gasteiger charge is -2.06. The molecule has 0 bridgehead atoms. The van der Waals surface area contributed by atoms with Crippen LogP contribution in [0.3, 0.4) is 0 Å². The van der Waals surface area contributed by atoms with Gasteiger partial charge in [0, 0.05) is 4.47 Å². The Bertz CT molecular complexity index is 662. The molecule has 0 saturated heterocycles. The van der Waals surface area contributed by atoms with Gasteiger partial charge in [-0.2, -0.15) is 5.26 Å². The lowest BCUT2D eigenvalue weighted by atomic mass is 10.2. The van der Waals surface area contributed by atoms with Gasteiger partial charge in [0.05, 0.1) is 17.2 Å². The van der Waals surface area contributed by atoms with Gasteiger partial charge < -0.3 is 4.74 Å². The van der Waals surface area contributed by atoms with E-state index >= 15 is 0 Å². The zero-order chi connectivity index (χ0) is 13.8. The molecule has 0 aliphatic rings. The third kappa shape index (κ3) is 3.18. The summed E-state index contributed by atoms with van der Waals surface area (Å²) < 4.78 is 18.4. The van der Waals surface area contributed by atoms with Crippen LogP contribution in [0.5, 0.6) is 5.75 Å². The first-order chi connectivity index (χ1) is 9.10. The first kappa shape index (κ1) is 13.2. The van der Waals surface area contributed by atoms with Crippen molar-refractivity contribution in [2.45, 2.75) is 0 Å². The molecule has 0 N–H and O–H groups in total. The third-order valence-electron chi connectivity index (χ3n) is 2.35. The summed E-state index contributed by atoms with van der Waals surface area (Å²) in [6.07, 6.45) is 0. The van der Waals surface area contributed by atoms with Gasteiger partial charge in [-0.1, -0.05) is 0 Å². The van der Waals surface area contributed by atoms with Crippen LogP contribution in [0.25, 0.3) is 0 Å². The molecule has 94 valence electrons.